The summed E-state index contributed by atoms with van der Waals surface area (Å²) >= 11 is 0. The maximum absolute atomic E-state index is 4.61. The van der Waals surface area contributed by atoms with Crippen molar-refractivity contribution >= 4 is 5.95 Å². The zero-order valence-electron chi connectivity index (χ0n) is 11.8. The number of aromatic nitrogens is 2. The van der Waals surface area contributed by atoms with Crippen LogP contribution in [0.3, 0.4) is 0 Å². The van der Waals surface area contributed by atoms with Crippen LogP contribution in [0.5, 0.6) is 0 Å². The Hall–Kier alpha value is -0.990. The zero-order valence-corrected chi connectivity index (χ0v) is 11.8. The van der Waals surface area contributed by atoms with Crippen LogP contribution in [0.25, 0.3) is 0 Å². The van der Waals surface area contributed by atoms with Gasteiger partial charge < -0.3 is 9.88 Å². The third kappa shape index (κ3) is 1.94. The average Bonchev–Trinajstić information content (AvgIpc) is 3.03. The molecule has 3 nitrogen and oxygen atoms in total. The predicted molar refractivity (Wildman–Crippen MR) is 74.8 cm³/mol. The van der Waals surface area contributed by atoms with Gasteiger partial charge in [0, 0.05) is 18.8 Å². The van der Waals surface area contributed by atoms with E-state index in [9.17, 15) is 0 Å². The van der Waals surface area contributed by atoms with Gasteiger partial charge in [-0.1, -0.05) is 6.42 Å². The summed E-state index contributed by atoms with van der Waals surface area (Å²) in [6, 6.07) is 0.593. The fourth-order valence-corrected chi connectivity index (χ4v) is 4.21. The molecule has 0 amide bonds. The summed E-state index contributed by atoms with van der Waals surface area (Å²) in [6.07, 6.45) is 8.09. The predicted octanol–water partition coefficient (Wildman–Crippen LogP) is 3.62. The Balaban J connectivity index is 1.81. The largest absolute Gasteiger partial charge is 0.356 e. The first-order chi connectivity index (χ1) is 8.69. The van der Waals surface area contributed by atoms with Gasteiger partial charge in [0.05, 0.1) is 5.69 Å². The van der Waals surface area contributed by atoms with E-state index >= 15 is 0 Å². The van der Waals surface area contributed by atoms with Gasteiger partial charge in [0.2, 0.25) is 5.95 Å². The molecule has 0 aliphatic heterocycles. The van der Waals surface area contributed by atoms with Gasteiger partial charge in [0.15, 0.2) is 0 Å². The summed E-state index contributed by atoms with van der Waals surface area (Å²) in [7, 11) is 0. The number of aryl methyl sites for hydroxylation is 1. The second-order valence-electron chi connectivity index (χ2n) is 6.22. The van der Waals surface area contributed by atoms with Crippen molar-refractivity contribution in [2.75, 3.05) is 11.9 Å². The Morgan fingerprint density at radius 1 is 1.44 bits per heavy atom. The monoisotopic (exact) mass is 247 g/mol. The number of anilines is 1. The van der Waals surface area contributed by atoms with E-state index in [-0.39, 0.29) is 0 Å². The van der Waals surface area contributed by atoms with Gasteiger partial charge in [0.25, 0.3) is 0 Å². The molecule has 2 bridgehead atoms. The van der Waals surface area contributed by atoms with Crippen molar-refractivity contribution in [3.05, 3.63) is 11.9 Å². The van der Waals surface area contributed by atoms with Crippen LogP contribution in [0.2, 0.25) is 0 Å². The van der Waals surface area contributed by atoms with Crippen LogP contribution >= 0.6 is 0 Å². The number of nitrogens with zero attached hydrogens (tertiary/aromatic N) is 2. The molecule has 2 saturated carbocycles. The van der Waals surface area contributed by atoms with Gasteiger partial charge in [0.1, 0.15) is 0 Å². The highest BCUT2D eigenvalue weighted by Crippen LogP contribution is 2.52. The number of nitrogens with one attached hydrogen (secondary N) is 1. The zero-order chi connectivity index (χ0) is 12.7. The van der Waals surface area contributed by atoms with Crippen LogP contribution in [0.1, 0.15) is 51.3 Å². The van der Waals surface area contributed by atoms with Crippen LogP contribution in [0.4, 0.5) is 5.95 Å². The SMILES string of the molecule is CCNc1nc(C)cn1C(C)C1CC2CCC1C2. The van der Waals surface area contributed by atoms with Crippen molar-refractivity contribution < 1.29 is 0 Å². The first-order valence-corrected chi connectivity index (χ1v) is 7.48. The summed E-state index contributed by atoms with van der Waals surface area (Å²) in [5.74, 6) is 3.93. The lowest BCUT2D eigenvalue weighted by Crippen LogP contribution is -2.23. The first kappa shape index (κ1) is 12.1. The maximum Gasteiger partial charge on any atom is 0.203 e. The van der Waals surface area contributed by atoms with Gasteiger partial charge in [-0.2, -0.15) is 0 Å². The number of imidazole rings is 1. The molecule has 2 fully saturated rings. The van der Waals surface area contributed by atoms with Crippen LogP contribution in [-0.2, 0) is 0 Å². The molecule has 100 valence electrons. The van der Waals surface area contributed by atoms with Crippen molar-refractivity contribution in [2.45, 2.75) is 52.5 Å². The number of hydrogen-bond acceptors (Lipinski definition) is 2. The van der Waals surface area contributed by atoms with Gasteiger partial charge in [-0.05, 0) is 57.8 Å². The minimum atomic E-state index is 0.593. The Kier molecular flexibility index (Phi) is 3.08. The van der Waals surface area contributed by atoms with Crippen LogP contribution < -0.4 is 5.32 Å². The van der Waals surface area contributed by atoms with E-state index < -0.39 is 0 Å². The van der Waals surface area contributed by atoms with E-state index in [1.54, 1.807) is 0 Å². The molecule has 1 heterocycles. The Bertz CT molecular complexity index is 423. The Morgan fingerprint density at radius 2 is 2.28 bits per heavy atom. The standard InChI is InChI=1S/C15H25N3/c1-4-16-15-17-10(2)9-18(15)11(3)14-8-12-5-6-13(14)7-12/h9,11-14H,4-8H2,1-3H3,(H,16,17). The molecule has 4 atom stereocenters. The highest BCUT2D eigenvalue weighted by molar-refractivity contribution is 5.29. The molecule has 0 aromatic carbocycles. The lowest BCUT2D eigenvalue weighted by molar-refractivity contribution is 0.244. The second-order valence-corrected chi connectivity index (χ2v) is 6.22. The molecule has 2 aliphatic rings. The molecule has 0 saturated heterocycles. The van der Waals surface area contributed by atoms with Crippen molar-refractivity contribution in [3.63, 3.8) is 0 Å². The summed E-state index contributed by atoms with van der Waals surface area (Å²) < 4.78 is 2.38. The third-order valence-corrected chi connectivity index (χ3v) is 5.04. The van der Waals surface area contributed by atoms with Crippen molar-refractivity contribution in [2.24, 2.45) is 17.8 Å². The highest BCUT2D eigenvalue weighted by Gasteiger charge is 2.42. The van der Waals surface area contributed by atoms with Crippen molar-refractivity contribution in [1.82, 2.24) is 9.55 Å². The summed E-state index contributed by atoms with van der Waals surface area (Å²) in [4.78, 5) is 4.61. The van der Waals surface area contributed by atoms with Crippen molar-refractivity contribution in [3.8, 4) is 0 Å². The van der Waals surface area contributed by atoms with Gasteiger partial charge >= 0.3 is 0 Å². The van der Waals surface area contributed by atoms with Gasteiger partial charge in [-0.15, -0.1) is 0 Å². The fraction of sp³-hybridized carbons (Fsp3) is 0.800. The van der Waals surface area contributed by atoms with Crippen LogP contribution in [0, 0.1) is 24.7 Å². The molecule has 3 heteroatoms. The van der Waals surface area contributed by atoms with E-state index in [4.69, 9.17) is 0 Å². The first-order valence-electron chi connectivity index (χ1n) is 7.48. The summed E-state index contributed by atoms with van der Waals surface area (Å²) in [6.45, 7) is 7.55. The highest BCUT2D eigenvalue weighted by atomic mass is 15.2. The molecule has 1 N–H and O–H groups in total. The molecule has 0 spiro atoms. The number of rotatable bonds is 4. The summed E-state index contributed by atoms with van der Waals surface area (Å²) in [5.41, 5.74) is 1.13. The molecule has 4 unspecified atom stereocenters. The van der Waals surface area contributed by atoms with E-state index in [1.807, 2.05) is 0 Å². The Morgan fingerprint density at radius 3 is 2.89 bits per heavy atom. The van der Waals surface area contributed by atoms with Crippen LogP contribution in [-0.4, -0.2) is 16.1 Å². The number of fused-ring (bicyclic) bond motifs is 2. The smallest absolute Gasteiger partial charge is 0.203 e. The van der Waals surface area contributed by atoms with Gasteiger partial charge in [-0.3, -0.25) is 0 Å². The molecule has 2 aliphatic carbocycles. The third-order valence-electron chi connectivity index (χ3n) is 5.04. The van der Waals surface area contributed by atoms with E-state index in [0.717, 1.165) is 35.9 Å². The molecule has 3 rings (SSSR count). The normalized spacial score (nSPS) is 31.8. The quantitative estimate of drug-likeness (QED) is 0.880. The van der Waals surface area contributed by atoms with E-state index in [1.165, 1.54) is 25.7 Å². The minimum Gasteiger partial charge on any atom is -0.356 e. The average molecular weight is 247 g/mol. The summed E-state index contributed by atoms with van der Waals surface area (Å²) in [5, 5.41) is 3.40. The molecular weight excluding hydrogens is 222 g/mol. The van der Waals surface area contributed by atoms with E-state index in [0.29, 0.717) is 6.04 Å². The molecule has 1 aromatic rings. The fourth-order valence-electron chi connectivity index (χ4n) is 4.21. The minimum absolute atomic E-state index is 0.593. The van der Waals surface area contributed by atoms with Crippen molar-refractivity contribution in [1.29, 1.82) is 0 Å². The second kappa shape index (κ2) is 4.60. The molecular formula is C15H25N3. The topological polar surface area (TPSA) is 29.9 Å². The molecule has 1 aromatic heterocycles. The lowest BCUT2D eigenvalue weighted by Gasteiger charge is -2.29. The molecule has 0 radical (unpaired) electrons. The molecule has 18 heavy (non-hydrogen) atoms. The lowest BCUT2D eigenvalue weighted by atomic mass is 9.84. The maximum atomic E-state index is 4.61. The van der Waals surface area contributed by atoms with Gasteiger partial charge in [-0.25, -0.2) is 4.98 Å². The van der Waals surface area contributed by atoms with Crippen LogP contribution in [0.15, 0.2) is 6.20 Å². The Labute approximate surface area is 110 Å². The number of hydrogen-bond donors (Lipinski definition) is 1. The van der Waals surface area contributed by atoms with E-state index in [2.05, 4.69) is 41.8 Å².